The topological polar surface area (TPSA) is 93.5 Å². The molecule has 1 atom stereocenters. The van der Waals surface area contributed by atoms with E-state index in [9.17, 15) is 9.59 Å². The highest BCUT2D eigenvalue weighted by Crippen LogP contribution is 2.28. The average molecular weight is 357 g/mol. The first-order valence-electron chi connectivity index (χ1n) is 8.63. The molecule has 0 bridgehead atoms. The Morgan fingerprint density at radius 2 is 1.96 bits per heavy atom. The van der Waals surface area contributed by atoms with Gasteiger partial charge in [0.25, 0.3) is 0 Å². The van der Waals surface area contributed by atoms with Crippen LogP contribution in [0.3, 0.4) is 0 Å². The zero-order valence-electron chi connectivity index (χ0n) is 15.2. The third-order valence-corrected chi connectivity index (χ3v) is 4.13. The summed E-state index contributed by atoms with van der Waals surface area (Å²) in [6.07, 6.45) is 3.22. The molecule has 0 saturated heterocycles. The Hall–Kier alpha value is -2.83. The van der Waals surface area contributed by atoms with Gasteiger partial charge < -0.3 is 19.7 Å². The fourth-order valence-electron chi connectivity index (χ4n) is 2.99. The van der Waals surface area contributed by atoms with Crippen molar-refractivity contribution in [2.24, 2.45) is 0 Å². The third-order valence-electron chi connectivity index (χ3n) is 4.13. The predicted molar refractivity (Wildman–Crippen MR) is 96.0 cm³/mol. The van der Waals surface area contributed by atoms with Crippen LogP contribution in [0.2, 0.25) is 0 Å². The van der Waals surface area contributed by atoms with Crippen LogP contribution in [0.25, 0.3) is 11.3 Å². The maximum atomic E-state index is 12.1. The van der Waals surface area contributed by atoms with Crippen LogP contribution in [-0.4, -0.2) is 32.3 Å². The summed E-state index contributed by atoms with van der Waals surface area (Å²) >= 11 is 0. The van der Waals surface area contributed by atoms with Gasteiger partial charge >= 0.3 is 12.1 Å². The number of nitrogens with one attached hydrogen (secondary N) is 1. The second kappa shape index (κ2) is 6.82. The minimum absolute atomic E-state index is 0.203. The summed E-state index contributed by atoms with van der Waals surface area (Å²) < 4.78 is 7.37. The fourth-order valence-corrected chi connectivity index (χ4v) is 2.99. The highest BCUT2D eigenvalue weighted by Gasteiger charge is 2.27. The number of benzene rings is 1. The zero-order valence-corrected chi connectivity index (χ0v) is 15.2. The van der Waals surface area contributed by atoms with Crippen LogP contribution in [0.15, 0.2) is 30.5 Å². The van der Waals surface area contributed by atoms with Crippen molar-refractivity contribution in [3.8, 4) is 11.3 Å². The van der Waals surface area contributed by atoms with Crippen LogP contribution >= 0.6 is 0 Å². The molecule has 2 aromatic rings. The van der Waals surface area contributed by atoms with Crippen LogP contribution in [-0.2, 0) is 11.3 Å². The number of amides is 1. The summed E-state index contributed by atoms with van der Waals surface area (Å²) in [5.41, 5.74) is 1.29. The number of aromatic carboxylic acids is 1. The van der Waals surface area contributed by atoms with Gasteiger partial charge in [-0.05, 0) is 45.7 Å². The molecule has 1 aromatic heterocycles. The number of hydrogen-bond donors (Lipinski definition) is 2. The maximum absolute atomic E-state index is 12.1. The number of carboxylic acids is 1. The molecule has 1 aromatic carbocycles. The van der Waals surface area contributed by atoms with Crippen molar-refractivity contribution in [1.82, 2.24) is 14.9 Å². The molecule has 7 nitrogen and oxygen atoms in total. The number of carbonyl (C=O) groups excluding carboxylic acids is 1. The van der Waals surface area contributed by atoms with E-state index < -0.39 is 17.7 Å². The SMILES string of the molecule is CC(C)(C)OC(=O)NC1CCCn2cc(-c3ccc(C(=O)O)cc3)nc21. The van der Waals surface area contributed by atoms with E-state index in [-0.39, 0.29) is 11.6 Å². The highest BCUT2D eigenvalue weighted by molar-refractivity contribution is 5.88. The molecule has 26 heavy (non-hydrogen) atoms. The number of imidazole rings is 1. The second-order valence-corrected chi connectivity index (χ2v) is 7.40. The van der Waals surface area contributed by atoms with Crippen molar-refractivity contribution in [2.75, 3.05) is 0 Å². The van der Waals surface area contributed by atoms with E-state index >= 15 is 0 Å². The van der Waals surface area contributed by atoms with Gasteiger partial charge in [-0.15, -0.1) is 0 Å². The summed E-state index contributed by atoms with van der Waals surface area (Å²) in [6, 6.07) is 6.41. The first-order valence-corrected chi connectivity index (χ1v) is 8.63. The van der Waals surface area contributed by atoms with Gasteiger partial charge in [0.15, 0.2) is 0 Å². The van der Waals surface area contributed by atoms with E-state index in [1.54, 1.807) is 24.3 Å². The van der Waals surface area contributed by atoms with Gasteiger partial charge in [-0.25, -0.2) is 14.6 Å². The van der Waals surface area contributed by atoms with E-state index in [0.29, 0.717) is 0 Å². The second-order valence-electron chi connectivity index (χ2n) is 7.40. The molecule has 0 spiro atoms. The van der Waals surface area contributed by atoms with Gasteiger partial charge in [0.2, 0.25) is 0 Å². The van der Waals surface area contributed by atoms with Gasteiger partial charge in [-0.2, -0.15) is 0 Å². The van der Waals surface area contributed by atoms with Crippen molar-refractivity contribution >= 4 is 12.1 Å². The van der Waals surface area contributed by atoms with E-state index in [0.717, 1.165) is 36.5 Å². The number of aryl methyl sites for hydroxylation is 1. The first kappa shape index (κ1) is 18.0. The molecule has 0 saturated carbocycles. The Labute approximate surface area is 152 Å². The molecule has 0 radical (unpaired) electrons. The Morgan fingerprint density at radius 3 is 2.58 bits per heavy atom. The van der Waals surface area contributed by atoms with E-state index in [1.165, 1.54) is 0 Å². The Balaban J connectivity index is 1.80. The van der Waals surface area contributed by atoms with Crippen LogP contribution in [0, 0.1) is 0 Å². The molecular weight excluding hydrogens is 334 g/mol. The number of fused-ring (bicyclic) bond motifs is 1. The van der Waals surface area contributed by atoms with Crippen molar-refractivity contribution < 1.29 is 19.4 Å². The Kier molecular flexibility index (Phi) is 4.71. The zero-order chi connectivity index (χ0) is 18.9. The number of alkyl carbamates (subject to hydrolysis) is 1. The summed E-state index contributed by atoms with van der Waals surface area (Å²) in [6.45, 7) is 6.32. The normalized spacial score (nSPS) is 16.7. The molecule has 1 amide bonds. The predicted octanol–water partition coefficient (Wildman–Crippen LogP) is 3.61. The number of rotatable bonds is 3. The third kappa shape index (κ3) is 4.04. The van der Waals surface area contributed by atoms with Crippen molar-refractivity contribution in [3.05, 3.63) is 41.9 Å². The Morgan fingerprint density at radius 1 is 1.27 bits per heavy atom. The van der Waals surface area contributed by atoms with Gasteiger partial charge in [0.05, 0.1) is 17.3 Å². The molecule has 0 aliphatic carbocycles. The van der Waals surface area contributed by atoms with Crippen LogP contribution in [0.4, 0.5) is 4.79 Å². The number of hydrogen-bond acceptors (Lipinski definition) is 4. The highest BCUT2D eigenvalue weighted by atomic mass is 16.6. The molecule has 2 N–H and O–H groups in total. The number of nitrogens with zero attached hydrogens (tertiary/aromatic N) is 2. The molecule has 1 unspecified atom stereocenters. The van der Waals surface area contributed by atoms with Gasteiger partial charge in [-0.3, -0.25) is 0 Å². The summed E-state index contributed by atoms with van der Waals surface area (Å²) in [5.74, 6) is -0.165. The molecule has 1 aliphatic heterocycles. The lowest BCUT2D eigenvalue weighted by Gasteiger charge is -2.26. The number of aromatic nitrogens is 2. The monoisotopic (exact) mass is 357 g/mol. The molecular formula is C19H23N3O4. The molecule has 138 valence electrons. The van der Waals surface area contributed by atoms with Crippen LogP contribution in [0.1, 0.15) is 55.8 Å². The smallest absolute Gasteiger partial charge is 0.408 e. The van der Waals surface area contributed by atoms with Gasteiger partial charge in [0, 0.05) is 18.3 Å². The van der Waals surface area contributed by atoms with Crippen LogP contribution in [0.5, 0.6) is 0 Å². The molecule has 2 heterocycles. The first-order chi connectivity index (χ1) is 12.2. The largest absolute Gasteiger partial charge is 0.478 e. The lowest BCUT2D eigenvalue weighted by molar-refractivity contribution is 0.0492. The van der Waals surface area contributed by atoms with Crippen molar-refractivity contribution in [3.63, 3.8) is 0 Å². The molecule has 0 fully saturated rings. The van der Waals surface area contributed by atoms with Gasteiger partial charge in [-0.1, -0.05) is 12.1 Å². The standard InChI is InChI=1S/C19H23N3O4/c1-19(2,3)26-18(25)21-14-5-4-10-22-11-15(20-16(14)22)12-6-8-13(9-7-12)17(23)24/h6-9,11,14H,4-5,10H2,1-3H3,(H,21,25)(H,23,24). The quantitative estimate of drug-likeness (QED) is 0.875. The van der Waals surface area contributed by atoms with E-state index in [4.69, 9.17) is 9.84 Å². The maximum Gasteiger partial charge on any atom is 0.408 e. The number of ether oxygens (including phenoxy) is 1. The van der Waals surface area contributed by atoms with E-state index in [1.807, 2.05) is 31.5 Å². The Bertz CT molecular complexity index is 818. The fraction of sp³-hybridized carbons (Fsp3) is 0.421. The van der Waals surface area contributed by atoms with E-state index in [2.05, 4.69) is 10.3 Å². The van der Waals surface area contributed by atoms with Crippen molar-refractivity contribution in [1.29, 1.82) is 0 Å². The summed E-state index contributed by atoms with van der Waals surface area (Å²) in [4.78, 5) is 27.7. The number of carboxylic acid groups (broad SMARTS) is 1. The average Bonchev–Trinajstić information content (AvgIpc) is 2.98. The molecule has 3 rings (SSSR count). The minimum Gasteiger partial charge on any atom is -0.478 e. The molecule has 7 heteroatoms. The molecule has 1 aliphatic rings. The van der Waals surface area contributed by atoms with Gasteiger partial charge in [0.1, 0.15) is 11.4 Å². The van der Waals surface area contributed by atoms with Crippen molar-refractivity contribution in [2.45, 2.75) is 51.8 Å². The minimum atomic E-state index is -0.956. The summed E-state index contributed by atoms with van der Waals surface area (Å²) in [7, 11) is 0. The van der Waals surface area contributed by atoms with Crippen LogP contribution < -0.4 is 5.32 Å². The lowest BCUT2D eigenvalue weighted by atomic mass is 10.1. The summed E-state index contributed by atoms with van der Waals surface area (Å²) in [5, 5.41) is 11.9. The number of carbonyl (C=O) groups is 2. The lowest BCUT2D eigenvalue weighted by Crippen LogP contribution is -2.37.